The number of nitro groups is 1. The smallest absolute Gasteiger partial charge is 0.310 e. The lowest BCUT2D eigenvalue weighted by Gasteiger charge is -2.14. The number of hydrogen-bond acceptors (Lipinski definition) is 5. The maximum Gasteiger partial charge on any atom is 0.310 e. The van der Waals surface area contributed by atoms with Crippen molar-refractivity contribution in [2.24, 2.45) is 5.73 Å². The molecule has 7 nitrogen and oxygen atoms in total. The van der Waals surface area contributed by atoms with Gasteiger partial charge in [-0.05, 0) is 29.2 Å². The first-order valence-electron chi connectivity index (χ1n) is 7.90. The van der Waals surface area contributed by atoms with Crippen molar-refractivity contribution in [1.29, 1.82) is 0 Å². The van der Waals surface area contributed by atoms with E-state index in [4.69, 9.17) is 5.73 Å². The fraction of sp³-hybridized carbons (Fsp3) is 0.278. The van der Waals surface area contributed by atoms with Gasteiger partial charge in [0.25, 0.3) is 5.91 Å². The summed E-state index contributed by atoms with van der Waals surface area (Å²) in [5.74, 6) is -0.578. The highest BCUT2D eigenvalue weighted by molar-refractivity contribution is 5.95. The second-order valence-electron chi connectivity index (χ2n) is 6.10. The average molecular weight is 343 g/mol. The van der Waals surface area contributed by atoms with Crippen LogP contribution in [0.3, 0.4) is 0 Å². The van der Waals surface area contributed by atoms with Gasteiger partial charge in [0.1, 0.15) is 0 Å². The molecule has 0 radical (unpaired) electrons. The van der Waals surface area contributed by atoms with Crippen molar-refractivity contribution >= 4 is 11.6 Å². The molecule has 25 heavy (non-hydrogen) atoms. The van der Waals surface area contributed by atoms with Gasteiger partial charge in [0.15, 0.2) is 5.75 Å². The molecule has 4 N–H and O–H groups in total. The van der Waals surface area contributed by atoms with Crippen LogP contribution in [-0.2, 0) is 0 Å². The topological polar surface area (TPSA) is 118 Å². The molecule has 1 atom stereocenters. The minimum Gasteiger partial charge on any atom is -0.502 e. The molecule has 2 aromatic carbocycles. The zero-order valence-corrected chi connectivity index (χ0v) is 14.1. The summed E-state index contributed by atoms with van der Waals surface area (Å²) in [6, 6.07) is 11.0. The highest BCUT2D eigenvalue weighted by Gasteiger charge is 2.16. The fourth-order valence-corrected chi connectivity index (χ4v) is 2.37. The van der Waals surface area contributed by atoms with Gasteiger partial charge in [0.2, 0.25) is 0 Å². The average Bonchev–Trinajstić information content (AvgIpc) is 2.58. The van der Waals surface area contributed by atoms with E-state index in [0.29, 0.717) is 5.92 Å². The lowest BCUT2D eigenvalue weighted by molar-refractivity contribution is -0.385. The largest absolute Gasteiger partial charge is 0.502 e. The third kappa shape index (κ3) is 4.54. The summed E-state index contributed by atoms with van der Waals surface area (Å²) in [7, 11) is 0. The summed E-state index contributed by atoms with van der Waals surface area (Å²) in [6.07, 6.45) is 0. The Labute approximate surface area is 145 Å². The van der Waals surface area contributed by atoms with Crippen LogP contribution >= 0.6 is 0 Å². The van der Waals surface area contributed by atoms with E-state index in [-0.39, 0.29) is 18.2 Å². The number of nitrogens with zero attached hydrogens (tertiary/aromatic N) is 1. The van der Waals surface area contributed by atoms with E-state index in [2.05, 4.69) is 19.2 Å². The Kier molecular flexibility index (Phi) is 5.71. The predicted octanol–water partition coefficient (Wildman–Crippen LogP) is 2.85. The number of carbonyl (C=O) groups excluding carboxylic acids is 1. The van der Waals surface area contributed by atoms with E-state index >= 15 is 0 Å². The Morgan fingerprint density at radius 2 is 1.80 bits per heavy atom. The molecule has 0 aromatic heterocycles. The summed E-state index contributed by atoms with van der Waals surface area (Å²) in [5, 5.41) is 22.9. The molecule has 0 aliphatic rings. The maximum absolute atomic E-state index is 12.1. The molecule has 0 spiro atoms. The second kappa shape index (κ2) is 7.76. The van der Waals surface area contributed by atoms with Gasteiger partial charge in [-0.2, -0.15) is 0 Å². The van der Waals surface area contributed by atoms with Crippen LogP contribution in [-0.4, -0.2) is 22.5 Å². The van der Waals surface area contributed by atoms with Crippen LogP contribution in [0.4, 0.5) is 5.69 Å². The van der Waals surface area contributed by atoms with Crippen molar-refractivity contribution in [3.63, 3.8) is 0 Å². The summed E-state index contributed by atoms with van der Waals surface area (Å²) in [5.41, 5.74) is 7.88. The Morgan fingerprint density at radius 3 is 2.32 bits per heavy atom. The van der Waals surface area contributed by atoms with Crippen molar-refractivity contribution < 1.29 is 14.8 Å². The molecule has 0 saturated carbocycles. The van der Waals surface area contributed by atoms with Gasteiger partial charge < -0.3 is 16.2 Å². The van der Waals surface area contributed by atoms with Crippen molar-refractivity contribution in [3.8, 4) is 5.75 Å². The van der Waals surface area contributed by atoms with E-state index in [1.54, 1.807) is 0 Å². The zero-order valence-electron chi connectivity index (χ0n) is 14.1. The molecular formula is C18H21N3O4. The molecule has 0 aliphatic heterocycles. The van der Waals surface area contributed by atoms with E-state index in [9.17, 15) is 20.0 Å². The molecule has 1 unspecified atom stereocenters. The molecule has 0 heterocycles. The fourth-order valence-electron chi connectivity index (χ4n) is 2.37. The van der Waals surface area contributed by atoms with Crippen molar-refractivity contribution in [1.82, 2.24) is 5.32 Å². The molecular weight excluding hydrogens is 322 g/mol. The summed E-state index contributed by atoms with van der Waals surface area (Å²) >= 11 is 0. The Morgan fingerprint density at radius 1 is 1.20 bits per heavy atom. The number of benzene rings is 2. The van der Waals surface area contributed by atoms with E-state index in [1.807, 2.05) is 24.3 Å². The number of hydrogen-bond donors (Lipinski definition) is 3. The maximum atomic E-state index is 12.1. The standard InChI is InChI=1S/C18H21N3O4/c1-11(2)12-3-5-13(6-4-12)15(19)10-20-18(23)14-7-8-16(21(24)25)17(22)9-14/h3-9,11,15,22H,10,19H2,1-2H3,(H,20,23). The Hall–Kier alpha value is -2.93. The quantitative estimate of drug-likeness (QED) is 0.550. The number of nitro benzene ring substituents is 1. The van der Waals surface area contributed by atoms with Gasteiger partial charge in [0.05, 0.1) is 4.92 Å². The second-order valence-corrected chi connectivity index (χ2v) is 6.10. The van der Waals surface area contributed by atoms with Crippen LogP contribution in [0.1, 0.15) is 47.3 Å². The third-order valence-corrected chi connectivity index (χ3v) is 3.95. The van der Waals surface area contributed by atoms with Gasteiger partial charge in [0, 0.05) is 24.2 Å². The summed E-state index contributed by atoms with van der Waals surface area (Å²) in [4.78, 5) is 22.1. The minimum absolute atomic E-state index is 0.130. The Bertz CT molecular complexity index is 772. The molecule has 7 heteroatoms. The van der Waals surface area contributed by atoms with Gasteiger partial charge >= 0.3 is 5.69 Å². The van der Waals surface area contributed by atoms with Gasteiger partial charge in [-0.15, -0.1) is 0 Å². The molecule has 0 bridgehead atoms. The number of rotatable bonds is 6. The van der Waals surface area contributed by atoms with Gasteiger partial charge in [-0.25, -0.2) is 0 Å². The number of carbonyl (C=O) groups is 1. The first-order chi connectivity index (χ1) is 11.8. The lowest BCUT2D eigenvalue weighted by Crippen LogP contribution is -2.31. The number of aromatic hydroxyl groups is 1. The third-order valence-electron chi connectivity index (χ3n) is 3.95. The first-order valence-corrected chi connectivity index (χ1v) is 7.90. The predicted molar refractivity (Wildman–Crippen MR) is 94.6 cm³/mol. The van der Waals surface area contributed by atoms with Crippen LogP contribution in [0, 0.1) is 10.1 Å². The van der Waals surface area contributed by atoms with Crippen molar-refractivity contribution in [3.05, 3.63) is 69.3 Å². The lowest BCUT2D eigenvalue weighted by atomic mass is 9.99. The van der Waals surface area contributed by atoms with E-state index < -0.39 is 22.3 Å². The zero-order chi connectivity index (χ0) is 18.6. The molecule has 1 amide bonds. The van der Waals surface area contributed by atoms with Crippen molar-refractivity contribution in [2.75, 3.05) is 6.54 Å². The monoisotopic (exact) mass is 343 g/mol. The number of phenols is 1. The molecule has 0 aliphatic carbocycles. The first kappa shape index (κ1) is 18.4. The summed E-state index contributed by atoms with van der Waals surface area (Å²) in [6.45, 7) is 4.42. The van der Waals surface area contributed by atoms with Crippen LogP contribution in [0.25, 0.3) is 0 Å². The number of amides is 1. The van der Waals surface area contributed by atoms with Gasteiger partial charge in [-0.1, -0.05) is 38.1 Å². The van der Waals surface area contributed by atoms with Gasteiger partial charge in [-0.3, -0.25) is 14.9 Å². The summed E-state index contributed by atoms with van der Waals surface area (Å²) < 4.78 is 0. The molecule has 0 saturated heterocycles. The Balaban J connectivity index is 1.99. The van der Waals surface area contributed by atoms with Crippen LogP contribution < -0.4 is 11.1 Å². The number of nitrogens with one attached hydrogen (secondary N) is 1. The molecule has 2 rings (SSSR count). The minimum atomic E-state index is -0.715. The van der Waals surface area contributed by atoms with Crippen LogP contribution in [0.15, 0.2) is 42.5 Å². The highest BCUT2D eigenvalue weighted by atomic mass is 16.6. The SMILES string of the molecule is CC(C)c1ccc(C(N)CNC(=O)c2ccc([N+](=O)[O-])c(O)c2)cc1. The molecule has 2 aromatic rings. The number of nitrogens with two attached hydrogens (primary N) is 1. The van der Waals surface area contributed by atoms with Crippen LogP contribution in [0.2, 0.25) is 0 Å². The van der Waals surface area contributed by atoms with Crippen molar-refractivity contribution in [2.45, 2.75) is 25.8 Å². The highest BCUT2D eigenvalue weighted by Crippen LogP contribution is 2.26. The molecule has 0 fully saturated rings. The van der Waals surface area contributed by atoms with E-state index in [0.717, 1.165) is 17.7 Å². The van der Waals surface area contributed by atoms with E-state index in [1.165, 1.54) is 11.6 Å². The normalized spacial score (nSPS) is 12.0. The molecule has 132 valence electrons. The number of phenolic OH excluding ortho intramolecular Hbond substituents is 1. The van der Waals surface area contributed by atoms with Crippen LogP contribution in [0.5, 0.6) is 5.75 Å².